The van der Waals surface area contributed by atoms with Gasteiger partial charge in [0.2, 0.25) is 5.76 Å². The summed E-state index contributed by atoms with van der Waals surface area (Å²) < 4.78 is 10.3. The molecule has 1 aromatic heterocycles. The highest BCUT2D eigenvalue weighted by Crippen LogP contribution is 2.18. The van der Waals surface area contributed by atoms with Crippen molar-refractivity contribution < 1.29 is 23.5 Å². The van der Waals surface area contributed by atoms with Gasteiger partial charge in [0, 0.05) is 16.6 Å². The lowest BCUT2D eigenvalue weighted by Gasteiger charge is -2.21. The molecule has 2 rings (SSSR count). The van der Waals surface area contributed by atoms with Crippen LogP contribution < -0.4 is 16.1 Å². The summed E-state index contributed by atoms with van der Waals surface area (Å²) in [6.07, 6.45) is -1.28. The van der Waals surface area contributed by atoms with Gasteiger partial charge >= 0.3 is 12.0 Å². The van der Waals surface area contributed by atoms with Gasteiger partial charge in [0.15, 0.2) is 11.5 Å². The monoisotopic (exact) mass is 394 g/mol. The van der Waals surface area contributed by atoms with Crippen LogP contribution in [0.4, 0.5) is 4.79 Å². The van der Waals surface area contributed by atoms with Crippen molar-refractivity contribution in [3.63, 3.8) is 0 Å². The van der Waals surface area contributed by atoms with E-state index < -0.39 is 35.0 Å². The van der Waals surface area contributed by atoms with Gasteiger partial charge in [0.05, 0.1) is 5.39 Å². The van der Waals surface area contributed by atoms with Crippen molar-refractivity contribution in [2.75, 3.05) is 0 Å². The Morgan fingerprint density at radius 2 is 1.85 bits per heavy atom. The van der Waals surface area contributed by atoms with E-state index in [0.29, 0.717) is 5.02 Å². The molecule has 2 aromatic rings. The van der Waals surface area contributed by atoms with Crippen LogP contribution in [0.3, 0.4) is 0 Å². The Balaban J connectivity index is 2.09. The zero-order valence-electron chi connectivity index (χ0n) is 15.2. The Labute approximate surface area is 159 Å². The number of rotatable bonds is 3. The third-order valence-electron chi connectivity index (χ3n) is 3.27. The lowest BCUT2D eigenvalue weighted by molar-refractivity contribution is -0.128. The minimum Gasteiger partial charge on any atom is -0.449 e. The molecule has 0 saturated carbocycles. The molecule has 1 heterocycles. The second-order valence-electron chi connectivity index (χ2n) is 6.86. The number of carbonyl (C=O) groups is 3. The minimum absolute atomic E-state index is 0.153. The van der Waals surface area contributed by atoms with Crippen LogP contribution in [0.25, 0.3) is 11.0 Å². The first-order chi connectivity index (χ1) is 12.5. The Morgan fingerprint density at radius 3 is 2.48 bits per heavy atom. The minimum atomic E-state index is -1.28. The normalized spacial score (nSPS) is 12.3. The number of nitrogens with one attached hydrogen (secondary N) is 2. The summed E-state index contributed by atoms with van der Waals surface area (Å²) in [7, 11) is 0. The number of esters is 1. The molecular weight excluding hydrogens is 376 g/mol. The van der Waals surface area contributed by atoms with E-state index in [0.717, 1.165) is 6.07 Å². The fraction of sp³-hybridized carbons (Fsp3) is 0.333. The van der Waals surface area contributed by atoms with E-state index in [-0.39, 0.29) is 16.7 Å². The SMILES string of the molecule is C[C@H](OC(=O)c1cc(=O)c2cc(Cl)ccc2o1)C(=O)NC(=O)NC(C)(C)C. The van der Waals surface area contributed by atoms with Crippen LogP contribution in [-0.4, -0.2) is 29.6 Å². The van der Waals surface area contributed by atoms with Crippen LogP contribution in [0.5, 0.6) is 0 Å². The van der Waals surface area contributed by atoms with Crippen molar-refractivity contribution in [2.24, 2.45) is 0 Å². The number of fused-ring (bicyclic) bond motifs is 1. The van der Waals surface area contributed by atoms with Crippen molar-refractivity contribution in [3.8, 4) is 0 Å². The quantitative estimate of drug-likeness (QED) is 0.773. The van der Waals surface area contributed by atoms with E-state index in [1.807, 2.05) is 0 Å². The van der Waals surface area contributed by atoms with E-state index in [1.165, 1.54) is 25.1 Å². The summed E-state index contributed by atoms with van der Waals surface area (Å²) in [5.41, 5.74) is -0.866. The van der Waals surface area contributed by atoms with Crippen LogP contribution in [0, 0.1) is 0 Å². The van der Waals surface area contributed by atoms with Crippen LogP contribution >= 0.6 is 11.6 Å². The third kappa shape index (κ3) is 5.55. The van der Waals surface area contributed by atoms with Crippen molar-refractivity contribution in [3.05, 3.63) is 45.3 Å². The molecule has 0 unspecified atom stereocenters. The van der Waals surface area contributed by atoms with Crippen LogP contribution in [-0.2, 0) is 9.53 Å². The van der Waals surface area contributed by atoms with Crippen molar-refractivity contribution in [1.82, 2.24) is 10.6 Å². The number of ether oxygens (including phenoxy) is 1. The van der Waals surface area contributed by atoms with Gasteiger partial charge in [-0.1, -0.05) is 11.6 Å². The van der Waals surface area contributed by atoms with E-state index in [9.17, 15) is 19.2 Å². The maximum atomic E-state index is 12.2. The summed E-state index contributed by atoms with van der Waals surface area (Å²) in [6.45, 7) is 6.52. The molecular formula is C18H19ClN2O6. The Hall–Kier alpha value is -2.87. The molecule has 1 atom stereocenters. The second kappa shape index (κ2) is 7.79. The smallest absolute Gasteiger partial charge is 0.375 e. The highest BCUT2D eigenvalue weighted by atomic mass is 35.5. The first kappa shape index (κ1) is 20.4. The maximum Gasteiger partial charge on any atom is 0.375 e. The number of benzene rings is 1. The molecule has 0 aliphatic rings. The number of amides is 3. The molecule has 0 bridgehead atoms. The zero-order valence-corrected chi connectivity index (χ0v) is 16.0. The first-order valence-corrected chi connectivity index (χ1v) is 8.41. The number of halogens is 1. The number of carbonyl (C=O) groups excluding carboxylic acids is 3. The predicted octanol–water partition coefficient (Wildman–Crippen LogP) is 2.62. The fourth-order valence-corrected chi connectivity index (χ4v) is 2.26. The van der Waals surface area contributed by atoms with Gasteiger partial charge in [-0.25, -0.2) is 9.59 Å². The molecule has 144 valence electrons. The van der Waals surface area contributed by atoms with E-state index >= 15 is 0 Å². The van der Waals surface area contributed by atoms with Crippen LogP contribution in [0.1, 0.15) is 38.2 Å². The summed E-state index contributed by atoms with van der Waals surface area (Å²) >= 11 is 5.83. The number of hydrogen-bond donors (Lipinski definition) is 2. The number of hydrogen-bond acceptors (Lipinski definition) is 6. The molecule has 0 spiro atoms. The third-order valence-corrected chi connectivity index (χ3v) is 3.50. The summed E-state index contributed by atoms with van der Waals surface area (Å²) in [5, 5.41) is 5.17. The molecule has 0 radical (unpaired) electrons. The molecule has 0 aliphatic heterocycles. The Bertz CT molecular complexity index is 960. The summed E-state index contributed by atoms with van der Waals surface area (Å²) in [6, 6.07) is 4.61. The molecule has 0 saturated heterocycles. The average molecular weight is 395 g/mol. The van der Waals surface area contributed by atoms with Crippen LogP contribution in [0.2, 0.25) is 5.02 Å². The van der Waals surface area contributed by atoms with Gasteiger partial charge in [0.25, 0.3) is 5.91 Å². The van der Waals surface area contributed by atoms with E-state index in [1.54, 1.807) is 20.8 Å². The largest absolute Gasteiger partial charge is 0.449 e. The molecule has 0 fully saturated rings. The highest BCUT2D eigenvalue weighted by Gasteiger charge is 2.24. The second-order valence-corrected chi connectivity index (χ2v) is 7.29. The predicted molar refractivity (Wildman–Crippen MR) is 98.8 cm³/mol. The van der Waals surface area contributed by atoms with Crippen molar-refractivity contribution in [1.29, 1.82) is 0 Å². The fourth-order valence-electron chi connectivity index (χ4n) is 2.09. The van der Waals surface area contributed by atoms with Gasteiger partial charge in [-0.2, -0.15) is 0 Å². The molecule has 3 amide bonds. The number of imide groups is 1. The lowest BCUT2D eigenvalue weighted by Crippen LogP contribution is -2.50. The molecule has 8 nitrogen and oxygen atoms in total. The van der Waals surface area contributed by atoms with Gasteiger partial charge < -0.3 is 14.5 Å². The topological polar surface area (TPSA) is 115 Å². The zero-order chi connectivity index (χ0) is 20.4. The van der Waals surface area contributed by atoms with E-state index in [4.69, 9.17) is 20.8 Å². The van der Waals surface area contributed by atoms with Crippen molar-refractivity contribution >= 4 is 40.5 Å². The Morgan fingerprint density at radius 1 is 1.19 bits per heavy atom. The standard InChI is InChI=1S/C18H19ClN2O6/c1-9(15(23)20-17(25)21-18(2,3)4)26-16(24)14-8-12(22)11-7-10(19)5-6-13(11)27-14/h5-9H,1-4H3,(H2,20,21,23,25)/t9-/m0/s1. The van der Waals surface area contributed by atoms with Crippen LogP contribution in [0.15, 0.2) is 33.5 Å². The summed E-state index contributed by atoms with van der Waals surface area (Å²) in [5.74, 6) is -2.20. The first-order valence-electron chi connectivity index (χ1n) is 8.03. The van der Waals surface area contributed by atoms with Gasteiger partial charge in [-0.15, -0.1) is 0 Å². The maximum absolute atomic E-state index is 12.2. The van der Waals surface area contributed by atoms with Gasteiger partial charge in [-0.05, 0) is 45.9 Å². The van der Waals surface area contributed by atoms with Gasteiger partial charge in [0.1, 0.15) is 5.58 Å². The molecule has 2 N–H and O–H groups in total. The molecule has 1 aromatic carbocycles. The highest BCUT2D eigenvalue weighted by molar-refractivity contribution is 6.31. The average Bonchev–Trinajstić information content (AvgIpc) is 2.53. The van der Waals surface area contributed by atoms with Gasteiger partial charge in [-0.3, -0.25) is 14.9 Å². The molecule has 9 heteroatoms. The molecule has 0 aliphatic carbocycles. The summed E-state index contributed by atoms with van der Waals surface area (Å²) in [4.78, 5) is 47.9. The number of urea groups is 1. The van der Waals surface area contributed by atoms with E-state index in [2.05, 4.69) is 10.6 Å². The molecule has 27 heavy (non-hydrogen) atoms. The lowest BCUT2D eigenvalue weighted by atomic mass is 10.1. The van der Waals surface area contributed by atoms with Crippen molar-refractivity contribution in [2.45, 2.75) is 39.3 Å². The Kier molecular flexibility index (Phi) is 5.90.